The Morgan fingerprint density at radius 2 is 1.95 bits per heavy atom. The predicted molar refractivity (Wildman–Crippen MR) is 83.2 cm³/mol. The van der Waals surface area contributed by atoms with Crippen LogP contribution in [0.3, 0.4) is 0 Å². The fourth-order valence-corrected chi connectivity index (χ4v) is 2.99. The van der Waals surface area contributed by atoms with Gasteiger partial charge in [-0.3, -0.25) is 4.90 Å². The minimum atomic E-state index is 0.499. The van der Waals surface area contributed by atoms with Crippen molar-refractivity contribution in [2.24, 2.45) is 0 Å². The molecule has 0 radical (unpaired) electrons. The SMILES string of the molecule is Cc1ccc2c(c1)c(CN1CCOCC1)cn2C(C)C. The minimum Gasteiger partial charge on any atom is -0.379 e. The summed E-state index contributed by atoms with van der Waals surface area (Å²) in [5.74, 6) is 0. The highest BCUT2D eigenvalue weighted by molar-refractivity contribution is 5.84. The lowest BCUT2D eigenvalue weighted by atomic mass is 10.1. The molecule has 0 N–H and O–H groups in total. The predicted octanol–water partition coefficient (Wildman–Crippen LogP) is 3.36. The van der Waals surface area contributed by atoms with Crippen molar-refractivity contribution in [3.8, 4) is 0 Å². The van der Waals surface area contributed by atoms with Gasteiger partial charge in [0.25, 0.3) is 0 Å². The van der Waals surface area contributed by atoms with Gasteiger partial charge in [0, 0.05) is 42.8 Å². The van der Waals surface area contributed by atoms with E-state index in [-0.39, 0.29) is 0 Å². The number of ether oxygens (including phenoxy) is 1. The molecule has 1 fully saturated rings. The maximum Gasteiger partial charge on any atom is 0.0594 e. The highest BCUT2D eigenvalue weighted by atomic mass is 16.5. The summed E-state index contributed by atoms with van der Waals surface area (Å²) < 4.78 is 7.83. The summed E-state index contributed by atoms with van der Waals surface area (Å²) in [6.07, 6.45) is 2.34. The molecular formula is C17H24N2O. The fourth-order valence-electron chi connectivity index (χ4n) is 2.99. The van der Waals surface area contributed by atoms with Crippen LogP contribution in [0.5, 0.6) is 0 Å². The number of hydrogen-bond acceptors (Lipinski definition) is 2. The zero-order valence-corrected chi connectivity index (χ0v) is 12.7. The lowest BCUT2D eigenvalue weighted by Gasteiger charge is -2.26. The van der Waals surface area contributed by atoms with E-state index in [2.05, 4.69) is 54.6 Å². The van der Waals surface area contributed by atoms with Gasteiger partial charge in [-0.1, -0.05) is 11.6 Å². The molecule has 0 aliphatic carbocycles. The average molecular weight is 272 g/mol. The maximum atomic E-state index is 5.44. The van der Waals surface area contributed by atoms with Crippen molar-refractivity contribution in [3.05, 3.63) is 35.5 Å². The Bertz CT molecular complexity index is 594. The molecule has 0 unspecified atom stereocenters. The molecule has 0 amide bonds. The van der Waals surface area contributed by atoms with E-state index in [9.17, 15) is 0 Å². The van der Waals surface area contributed by atoms with Gasteiger partial charge in [-0.15, -0.1) is 0 Å². The van der Waals surface area contributed by atoms with Crippen LogP contribution in [-0.2, 0) is 11.3 Å². The molecular weight excluding hydrogens is 248 g/mol. The Labute approximate surface area is 121 Å². The number of aryl methyl sites for hydroxylation is 1. The molecule has 0 saturated carbocycles. The van der Waals surface area contributed by atoms with Crippen LogP contribution < -0.4 is 0 Å². The molecule has 0 bridgehead atoms. The van der Waals surface area contributed by atoms with Crippen LogP contribution in [0.2, 0.25) is 0 Å². The van der Waals surface area contributed by atoms with E-state index in [0.717, 1.165) is 32.8 Å². The third-order valence-electron chi connectivity index (χ3n) is 4.13. The summed E-state index contributed by atoms with van der Waals surface area (Å²) in [5, 5.41) is 1.41. The zero-order chi connectivity index (χ0) is 14.1. The Morgan fingerprint density at radius 1 is 1.20 bits per heavy atom. The Kier molecular flexibility index (Phi) is 3.81. The van der Waals surface area contributed by atoms with Crippen molar-refractivity contribution in [2.75, 3.05) is 26.3 Å². The summed E-state index contributed by atoms with van der Waals surface area (Å²) in [6, 6.07) is 7.29. The van der Waals surface area contributed by atoms with E-state index >= 15 is 0 Å². The number of aromatic nitrogens is 1. The number of morpholine rings is 1. The van der Waals surface area contributed by atoms with Crippen LogP contribution in [0, 0.1) is 6.92 Å². The molecule has 20 heavy (non-hydrogen) atoms. The number of fused-ring (bicyclic) bond motifs is 1. The molecule has 3 heteroatoms. The Morgan fingerprint density at radius 3 is 2.65 bits per heavy atom. The van der Waals surface area contributed by atoms with Crippen LogP contribution in [0.4, 0.5) is 0 Å². The lowest BCUT2D eigenvalue weighted by Crippen LogP contribution is -2.35. The first kappa shape index (κ1) is 13.7. The molecule has 3 nitrogen and oxygen atoms in total. The standard InChI is InChI=1S/C17H24N2O/c1-13(2)19-12-15(11-18-6-8-20-9-7-18)16-10-14(3)4-5-17(16)19/h4-5,10,12-13H,6-9,11H2,1-3H3. The fraction of sp³-hybridized carbons (Fsp3) is 0.529. The summed E-state index contributed by atoms with van der Waals surface area (Å²) in [5.41, 5.74) is 4.13. The van der Waals surface area contributed by atoms with Gasteiger partial charge < -0.3 is 9.30 Å². The molecule has 0 spiro atoms. The molecule has 1 aromatic heterocycles. The molecule has 1 aliphatic rings. The maximum absolute atomic E-state index is 5.44. The van der Waals surface area contributed by atoms with Crippen LogP contribution in [0.15, 0.2) is 24.4 Å². The van der Waals surface area contributed by atoms with Gasteiger partial charge in [-0.25, -0.2) is 0 Å². The van der Waals surface area contributed by atoms with Crippen LogP contribution in [0.1, 0.15) is 31.0 Å². The van der Waals surface area contributed by atoms with Crippen molar-refractivity contribution in [2.45, 2.75) is 33.4 Å². The quantitative estimate of drug-likeness (QED) is 0.852. The highest BCUT2D eigenvalue weighted by Crippen LogP contribution is 2.27. The number of rotatable bonds is 3. The molecule has 108 valence electrons. The van der Waals surface area contributed by atoms with Gasteiger partial charge >= 0.3 is 0 Å². The Balaban J connectivity index is 1.98. The van der Waals surface area contributed by atoms with Gasteiger partial charge in [-0.05, 0) is 38.5 Å². The van der Waals surface area contributed by atoms with Crippen molar-refractivity contribution in [1.82, 2.24) is 9.47 Å². The van der Waals surface area contributed by atoms with Crippen molar-refractivity contribution in [3.63, 3.8) is 0 Å². The third kappa shape index (κ3) is 2.60. The first-order valence-corrected chi connectivity index (χ1v) is 7.55. The average Bonchev–Trinajstić information content (AvgIpc) is 2.78. The first-order valence-electron chi connectivity index (χ1n) is 7.55. The van der Waals surface area contributed by atoms with Crippen molar-refractivity contribution in [1.29, 1.82) is 0 Å². The smallest absolute Gasteiger partial charge is 0.0594 e. The number of benzene rings is 1. The molecule has 1 aliphatic heterocycles. The third-order valence-corrected chi connectivity index (χ3v) is 4.13. The van der Waals surface area contributed by atoms with Crippen molar-refractivity contribution >= 4 is 10.9 Å². The molecule has 1 saturated heterocycles. The largest absolute Gasteiger partial charge is 0.379 e. The van der Waals surface area contributed by atoms with E-state index in [1.807, 2.05) is 0 Å². The lowest BCUT2D eigenvalue weighted by molar-refractivity contribution is 0.0343. The number of hydrogen-bond donors (Lipinski definition) is 0. The van der Waals surface area contributed by atoms with E-state index in [4.69, 9.17) is 4.74 Å². The summed E-state index contributed by atoms with van der Waals surface area (Å²) >= 11 is 0. The summed E-state index contributed by atoms with van der Waals surface area (Å²) in [4.78, 5) is 2.49. The molecule has 1 aromatic carbocycles. The van der Waals surface area contributed by atoms with Crippen LogP contribution in [0.25, 0.3) is 10.9 Å². The van der Waals surface area contributed by atoms with Crippen molar-refractivity contribution < 1.29 is 4.74 Å². The molecule has 3 rings (SSSR count). The van der Waals surface area contributed by atoms with Crippen LogP contribution in [-0.4, -0.2) is 35.8 Å². The van der Waals surface area contributed by atoms with Crippen LogP contribution >= 0.6 is 0 Å². The van der Waals surface area contributed by atoms with E-state index in [1.54, 1.807) is 0 Å². The van der Waals surface area contributed by atoms with Gasteiger partial charge in [0.1, 0.15) is 0 Å². The number of nitrogens with zero attached hydrogens (tertiary/aromatic N) is 2. The first-order chi connectivity index (χ1) is 9.65. The second-order valence-electron chi connectivity index (χ2n) is 6.06. The zero-order valence-electron chi connectivity index (χ0n) is 12.7. The van der Waals surface area contributed by atoms with Gasteiger partial charge in [0.2, 0.25) is 0 Å². The second-order valence-corrected chi connectivity index (χ2v) is 6.06. The Hall–Kier alpha value is -1.32. The van der Waals surface area contributed by atoms with E-state index < -0.39 is 0 Å². The monoisotopic (exact) mass is 272 g/mol. The van der Waals surface area contributed by atoms with Gasteiger partial charge in [0.05, 0.1) is 13.2 Å². The van der Waals surface area contributed by atoms with E-state index in [0.29, 0.717) is 6.04 Å². The molecule has 0 atom stereocenters. The second kappa shape index (κ2) is 5.58. The summed E-state index contributed by atoms with van der Waals surface area (Å²) in [6.45, 7) is 11.5. The topological polar surface area (TPSA) is 17.4 Å². The minimum absolute atomic E-state index is 0.499. The normalized spacial score (nSPS) is 17.2. The van der Waals surface area contributed by atoms with Gasteiger partial charge in [-0.2, -0.15) is 0 Å². The molecule has 2 aromatic rings. The summed E-state index contributed by atoms with van der Waals surface area (Å²) in [7, 11) is 0. The molecule has 2 heterocycles. The van der Waals surface area contributed by atoms with E-state index in [1.165, 1.54) is 22.0 Å². The van der Waals surface area contributed by atoms with Gasteiger partial charge in [0.15, 0.2) is 0 Å². The highest BCUT2D eigenvalue weighted by Gasteiger charge is 2.15.